The van der Waals surface area contributed by atoms with Gasteiger partial charge in [0.15, 0.2) is 5.78 Å². The number of benzene rings is 3. The van der Waals surface area contributed by atoms with Crippen molar-refractivity contribution in [2.45, 2.75) is 39.0 Å². The van der Waals surface area contributed by atoms with Gasteiger partial charge in [0, 0.05) is 30.0 Å². The van der Waals surface area contributed by atoms with Crippen molar-refractivity contribution in [2.24, 2.45) is 5.41 Å². The number of ketones is 1. The maximum atomic E-state index is 13.5. The van der Waals surface area contributed by atoms with Crippen LogP contribution in [0.4, 0.5) is 5.69 Å². The van der Waals surface area contributed by atoms with E-state index in [0.717, 1.165) is 27.6 Å². The number of nitrogens with zero attached hydrogens (tertiary/aromatic N) is 1. The Morgan fingerprint density at radius 1 is 0.875 bits per heavy atom. The summed E-state index contributed by atoms with van der Waals surface area (Å²) in [6.07, 6.45) is 1.35. The van der Waals surface area contributed by atoms with E-state index in [1.165, 1.54) is 0 Å². The average molecular weight is 464 g/mol. The van der Waals surface area contributed by atoms with E-state index in [9.17, 15) is 9.59 Å². The maximum Gasteiger partial charge on any atom is 0.232 e. The summed E-state index contributed by atoms with van der Waals surface area (Å²) in [5.41, 5.74) is 2.98. The highest BCUT2D eigenvalue weighted by Gasteiger charge is 2.44. The Hall–Kier alpha value is -2.62. The summed E-state index contributed by atoms with van der Waals surface area (Å²) in [5, 5.41) is 3.07. The lowest BCUT2D eigenvalue weighted by Crippen LogP contribution is -2.43. The largest absolute Gasteiger partial charge is 0.294 e. The molecule has 3 aromatic carbocycles. The van der Waals surface area contributed by atoms with Gasteiger partial charge in [0.25, 0.3) is 0 Å². The van der Waals surface area contributed by atoms with E-state index >= 15 is 0 Å². The SMILES string of the molecule is CC1(C)CC(=O)C2=C(C1)N(c1ccc(Cl)c(Cl)c1)C(=O)CC2c1ccc2ccccc2c1. The fourth-order valence-corrected chi connectivity index (χ4v) is 5.34. The van der Waals surface area contributed by atoms with Crippen LogP contribution in [0.5, 0.6) is 0 Å². The molecule has 5 rings (SSSR count). The molecule has 1 aliphatic carbocycles. The van der Waals surface area contributed by atoms with E-state index in [-0.39, 0.29) is 29.4 Å². The van der Waals surface area contributed by atoms with Gasteiger partial charge in [0.2, 0.25) is 5.91 Å². The smallest absolute Gasteiger partial charge is 0.232 e. The molecule has 3 nitrogen and oxygen atoms in total. The molecule has 0 bridgehead atoms. The summed E-state index contributed by atoms with van der Waals surface area (Å²) < 4.78 is 0. The third kappa shape index (κ3) is 3.64. The minimum absolute atomic E-state index is 0.0363. The Kier molecular flexibility index (Phi) is 5.15. The van der Waals surface area contributed by atoms with E-state index in [1.54, 1.807) is 23.1 Å². The predicted octanol–water partition coefficient (Wildman–Crippen LogP) is 7.31. The number of anilines is 1. The zero-order chi connectivity index (χ0) is 22.6. The van der Waals surface area contributed by atoms with Gasteiger partial charge < -0.3 is 0 Å². The Morgan fingerprint density at radius 3 is 2.38 bits per heavy atom. The van der Waals surface area contributed by atoms with Crippen LogP contribution in [0.3, 0.4) is 0 Å². The molecule has 0 N–H and O–H groups in total. The van der Waals surface area contributed by atoms with Crippen LogP contribution < -0.4 is 4.90 Å². The lowest BCUT2D eigenvalue weighted by atomic mass is 9.69. The Bertz CT molecular complexity index is 1310. The summed E-state index contributed by atoms with van der Waals surface area (Å²) in [6, 6.07) is 19.6. The van der Waals surface area contributed by atoms with Crippen LogP contribution in [0.1, 0.15) is 44.6 Å². The van der Waals surface area contributed by atoms with Crippen LogP contribution in [-0.4, -0.2) is 11.7 Å². The first kappa shape index (κ1) is 21.2. The minimum Gasteiger partial charge on any atom is -0.294 e. The molecular formula is C27H23Cl2NO2. The molecule has 0 aromatic heterocycles. The number of halogens is 2. The summed E-state index contributed by atoms with van der Waals surface area (Å²) in [5.74, 6) is -0.164. The molecule has 1 aliphatic heterocycles. The molecule has 1 atom stereocenters. The molecule has 32 heavy (non-hydrogen) atoms. The van der Waals surface area contributed by atoms with Gasteiger partial charge in [0.05, 0.1) is 15.7 Å². The van der Waals surface area contributed by atoms with Gasteiger partial charge in [0.1, 0.15) is 0 Å². The minimum atomic E-state index is -0.246. The van der Waals surface area contributed by atoms with Gasteiger partial charge >= 0.3 is 0 Å². The average Bonchev–Trinajstić information content (AvgIpc) is 2.74. The van der Waals surface area contributed by atoms with E-state index in [2.05, 4.69) is 38.1 Å². The Labute approximate surface area is 197 Å². The second-order valence-electron chi connectivity index (χ2n) is 9.49. The van der Waals surface area contributed by atoms with Crippen LogP contribution in [0.25, 0.3) is 10.8 Å². The van der Waals surface area contributed by atoms with Gasteiger partial charge in [-0.3, -0.25) is 14.5 Å². The van der Waals surface area contributed by atoms with Crippen molar-refractivity contribution in [3.05, 3.63) is 87.5 Å². The second-order valence-corrected chi connectivity index (χ2v) is 10.3. The normalized spacial score (nSPS) is 20.6. The van der Waals surface area contributed by atoms with E-state index in [1.807, 2.05) is 18.2 Å². The van der Waals surface area contributed by atoms with Crippen molar-refractivity contribution in [3.63, 3.8) is 0 Å². The molecule has 0 saturated carbocycles. The topological polar surface area (TPSA) is 37.4 Å². The Morgan fingerprint density at radius 2 is 1.62 bits per heavy atom. The van der Waals surface area contributed by atoms with Gasteiger partial charge in [-0.25, -0.2) is 0 Å². The molecule has 0 spiro atoms. The number of amides is 1. The third-order valence-corrected chi connectivity index (χ3v) is 7.22. The van der Waals surface area contributed by atoms with Crippen molar-refractivity contribution in [1.29, 1.82) is 0 Å². The number of hydrogen-bond acceptors (Lipinski definition) is 2. The van der Waals surface area contributed by atoms with Crippen molar-refractivity contribution < 1.29 is 9.59 Å². The maximum absolute atomic E-state index is 13.5. The quantitative estimate of drug-likeness (QED) is 0.399. The highest BCUT2D eigenvalue weighted by Crippen LogP contribution is 2.48. The summed E-state index contributed by atoms with van der Waals surface area (Å²) in [4.78, 5) is 28.7. The number of carbonyl (C=O) groups is 2. The van der Waals surface area contributed by atoms with E-state index < -0.39 is 0 Å². The molecule has 162 valence electrons. The molecule has 1 amide bonds. The highest BCUT2D eigenvalue weighted by atomic mass is 35.5. The van der Waals surface area contributed by atoms with Crippen molar-refractivity contribution in [3.8, 4) is 0 Å². The number of allylic oxidation sites excluding steroid dienone is 2. The van der Waals surface area contributed by atoms with Crippen LogP contribution in [0.2, 0.25) is 10.0 Å². The molecule has 0 radical (unpaired) electrons. The van der Waals surface area contributed by atoms with E-state index in [4.69, 9.17) is 23.2 Å². The third-order valence-electron chi connectivity index (χ3n) is 6.48. The lowest BCUT2D eigenvalue weighted by molar-refractivity contribution is -0.121. The van der Waals surface area contributed by atoms with Gasteiger partial charge in [-0.15, -0.1) is 0 Å². The molecule has 0 saturated heterocycles. The highest BCUT2D eigenvalue weighted by molar-refractivity contribution is 6.42. The summed E-state index contributed by atoms with van der Waals surface area (Å²) >= 11 is 12.4. The van der Waals surface area contributed by atoms with Gasteiger partial charge in [-0.05, 0) is 46.4 Å². The number of hydrogen-bond donors (Lipinski definition) is 0. The zero-order valence-corrected chi connectivity index (χ0v) is 19.5. The standard InChI is InChI=1S/C27H23Cl2NO2/c1-27(2)14-23-26(24(31)15-27)20(18-8-7-16-5-3-4-6-17(16)11-18)13-25(32)30(23)19-9-10-21(28)22(29)12-19/h3-12,20H,13-15H2,1-2H3. The molecule has 0 fully saturated rings. The van der Waals surface area contributed by atoms with E-state index in [0.29, 0.717) is 28.6 Å². The molecule has 3 aromatic rings. The summed E-state index contributed by atoms with van der Waals surface area (Å²) in [6.45, 7) is 4.15. The molecule has 1 heterocycles. The second kappa shape index (κ2) is 7.75. The Balaban J connectivity index is 1.69. The van der Waals surface area contributed by atoms with Crippen LogP contribution in [0, 0.1) is 5.41 Å². The molecule has 5 heteroatoms. The number of fused-ring (bicyclic) bond motifs is 1. The fourth-order valence-electron chi connectivity index (χ4n) is 5.05. The summed E-state index contributed by atoms with van der Waals surface area (Å²) in [7, 11) is 0. The molecular weight excluding hydrogens is 441 g/mol. The lowest BCUT2D eigenvalue weighted by Gasteiger charge is -2.43. The monoisotopic (exact) mass is 463 g/mol. The fraction of sp³-hybridized carbons (Fsp3) is 0.259. The zero-order valence-electron chi connectivity index (χ0n) is 18.0. The first-order valence-corrected chi connectivity index (χ1v) is 11.5. The number of rotatable bonds is 2. The van der Waals surface area contributed by atoms with Crippen molar-refractivity contribution in [2.75, 3.05) is 4.90 Å². The van der Waals surface area contributed by atoms with Gasteiger partial charge in [-0.2, -0.15) is 0 Å². The number of Topliss-reactive ketones (excluding diaryl/α,β-unsaturated/α-hetero) is 1. The molecule has 2 aliphatic rings. The van der Waals surface area contributed by atoms with Crippen LogP contribution in [-0.2, 0) is 9.59 Å². The number of carbonyl (C=O) groups excluding carboxylic acids is 2. The van der Waals surface area contributed by atoms with Crippen molar-refractivity contribution in [1.82, 2.24) is 0 Å². The first-order chi connectivity index (χ1) is 15.2. The van der Waals surface area contributed by atoms with Crippen molar-refractivity contribution >= 4 is 51.4 Å². The van der Waals surface area contributed by atoms with Gasteiger partial charge in [-0.1, -0.05) is 79.5 Å². The first-order valence-electron chi connectivity index (χ1n) is 10.8. The van der Waals surface area contributed by atoms with Crippen LogP contribution in [0.15, 0.2) is 71.9 Å². The van der Waals surface area contributed by atoms with Crippen LogP contribution >= 0.6 is 23.2 Å². The predicted molar refractivity (Wildman–Crippen MR) is 130 cm³/mol. The molecule has 1 unspecified atom stereocenters.